The molecule has 0 radical (unpaired) electrons. The van der Waals surface area contributed by atoms with Crippen molar-refractivity contribution >= 4 is 17.9 Å². The predicted octanol–water partition coefficient (Wildman–Crippen LogP) is 19.4. The molecule has 0 aromatic rings. The molecule has 0 aromatic heterocycles. The Balaban J connectivity index is 4.32. The van der Waals surface area contributed by atoms with Gasteiger partial charge in [0.15, 0.2) is 6.10 Å². The lowest BCUT2D eigenvalue weighted by molar-refractivity contribution is -0.167. The van der Waals surface area contributed by atoms with Crippen LogP contribution in [0.4, 0.5) is 0 Å². The van der Waals surface area contributed by atoms with Gasteiger partial charge >= 0.3 is 17.9 Å². The molecule has 0 aliphatic heterocycles. The van der Waals surface area contributed by atoms with Crippen LogP contribution in [0.25, 0.3) is 0 Å². The molecule has 0 aliphatic rings. The van der Waals surface area contributed by atoms with Gasteiger partial charge in [0.2, 0.25) is 0 Å². The van der Waals surface area contributed by atoms with Crippen molar-refractivity contribution in [2.45, 2.75) is 309 Å². The first-order valence-corrected chi connectivity index (χ1v) is 29.2. The van der Waals surface area contributed by atoms with Crippen molar-refractivity contribution in [1.82, 2.24) is 0 Å². The summed E-state index contributed by atoms with van der Waals surface area (Å²) in [7, 11) is 0. The second-order valence-electron chi connectivity index (χ2n) is 19.6. The van der Waals surface area contributed by atoms with Crippen LogP contribution >= 0.6 is 0 Å². The van der Waals surface area contributed by atoms with E-state index >= 15 is 0 Å². The second-order valence-corrected chi connectivity index (χ2v) is 19.6. The van der Waals surface area contributed by atoms with Gasteiger partial charge in [-0.25, -0.2) is 0 Å². The van der Waals surface area contributed by atoms with Gasteiger partial charge in [0.05, 0.1) is 0 Å². The number of esters is 3. The largest absolute Gasteiger partial charge is 0.462 e. The number of carbonyl (C=O) groups excluding carboxylic acids is 3. The van der Waals surface area contributed by atoms with Crippen LogP contribution in [0.15, 0.2) is 48.6 Å². The molecule has 1 unspecified atom stereocenters. The summed E-state index contributed by atoms with van der Waals surface area (Å²) in [5.41, 5.74) is 0. The molecule has 0 amide bonds. The maximum absolute atomic E-state index is 12.9. The summed E-state index contributed by atoms with van der Waals surface area (Å²) in [6.07, 6.45) is 68.2. The molecule has 0 aliphatic carbocycles. The fraction of sp³-hybridized carbons (Fsp3) is 0.820. The number of hydrogen-bond donors (Lipinski definition) is 0. The minimum absolute atomic E-state index is 0.0778. The third-order valence-corrected chi connectivity index (χ3v) is 12.8. The minimum Gasteiger partial charge on any atom is -0.462 e. The van der Waals surface area contributed by atoms with Gasteiger partial charge in [-0.15, -0.1) is 0 Å². The van der Waals surface area contributed by atoms with E-state index in [9.17, 15) is 14.4 Å². The molecule has 390 valence electrons. The number of carbonyl (C=O) groups is 3. The molecule has 0 saturated carbocycles. The summed E-state index contributed by atoms with van der Waals surface area (Å²) in [6, 6.07) is 0. The Morgan fingerprint density at radius 3 is 0.910 bits per heavy atom. The topological polar surface area (TPSA) is 78.9 Å². The third kappa shape index (κ3) is 54.2. The first-order valence-electron chi connectivity index (χ1n) is 29.2. The van der Waals surface area contributed by atoms with Crippen molar-refractivity contribution in [3.05, 3.63) is 48.6 Å². The van der Waals surface area contributed by atoms with E-state index in [4.69, 9.17) is 14.2 Å². The Kier molecular flexibility index (Phi) is 53.8. The Labute approximate surface area is 416 Å². The van der Waals surface area contributed by atoms with E-state index in [1.807, 2.05) is 0 Å². The standard InChI is InChI=1S/C61H110O6/c1-4-7-10-13-16-19-22-24-26-28-30-32-34-36-39-42-45-48-51-54-60(63)66-57-58(56-65-59(62)53-50-47-44-41-38-21-18-15-12-9-6-3)67-61(64)55-52-49-46-43-40-37-35-33-31-29-27-25-23-20-17-14-11-8-5-2/h15-16,18-19,22,24,29,31,58H,4-14,17,20-21,23,25-28,30,32-57H2,1-3H3/b18-15-,19-16-,24-22-,31-29-. The maximum Gasteiger partial charge on any atom is 0.306 e. The van der Waals surface area contributed by atoms with Gasteiger partial charge in [-0.2, -0.15) is 0 Å². The van der Waals surface area contributed by atoms with E-state index in [-0.39, 0.29) is 31.1 Å². The van der Waals surface area contributed by atoms with E-state index in [1.165, 1.54) is 199 Å². The number of hydrogen-bond acceptors (Lipinski definition) is 6. The molecular weight excluding hydrogens is 829 g/mol. The highest BCUT2D eigenvalue weighted by Crippen LogP contribution is 2.16. The molecule has 1 atom stereocenters. The van der Waals surface area contributed by atoms with Crippen molar-refractivity contribution in [2.24, 2.45) is 0 Å². The zero-order chi connectivity index (χ0) is 48.6. The molecule has 0 heterocycles. The van der Waals surface area contributed by atoms with Crippen LogP contribution in [-0.4, -0.2) is 37.2 Å². The van der Waals surface area contributed by atoms with Gasteiger partial charge in [-0.1, -0.05) is 243 Å². The fourth-order valence-corrected chi connectivity index (χ4v) is 8.35. The van der Waals surface area contributed by atoms with Crippen molar-refractivity contribution < 1.29 is 28.6 Å². The van der Waals surface area contributed by atoms with Crippen LogP contribution in [0, 0.1) is 0 Å². The van der Waals surface area contributed by atoms with E-state index in [1.54, 1.807) is 0 Å². The summed E-state index contributed by atoms with van der Waals surface area (Å²) in [6.45, 7) is 6.59. The Bertz CT molecular complexity index is 1170. The zero-order valence-electron chi connectivity index (χ0n) is 44.7. The molecule has 0 bridgehead atoms. The highest BCUT2D eigenvalue weighted by molar-refractivity contribution is 5.71. The van der Waals surface area contributed by atoms with Crippen LogP contribution in [0.3, 0.4) is 0 Å². The monoisotopic (exact) mass is 939 g/mol. The van der Waals surface area contributed by atoms with E-state index in [0.717, 1.165) is 64.2 Å². The smallest absolute Gasteiger partial charge is 0.306 e. The molecule has 0 spiro atoms. The van der Waals surface area contributed by atoms with E-state index < -0.39 is 6.10 Å². The van der Waals surface area contributed by atoms with Gasteiger partial charge < -0.3 is 14.2 Å². The number of allylic oxidation sites excluding steroid dienone is 8. The summed E-state index contributed by atoms with van der Waals surface area (Å²) in [4.78, 5) is 38.1. The molecular formula is C61H110O6. The van der Waals surface area contributed by atoms with E-state index in [2.05, 4.69) is 69.4 Å². The quantitative estimate of drug-likeness (QED) is 0.0199. The average molecular weight is 940 g/mol. The molecule has 6 nitrogen and oxygen atoms in total. The van der Waals surface area contributed by atoms with Gasteiger partial charge in [0.25, 0.3) is 0 Å². The van der Waals surface area contributed by atoms with Crippen LogP contribution < -0.4 is 0 Å². The van der Waals surface area contributed by atoms with Crippen molar-refractivity contribution in [3.8, 4) is 0 Å². The molecule has 0 aromatic carbocycles. The average Bonchev–Trinajstić information content (AvgIpc) is 3.33. The van der Waals surface area contributed by atoms with E-state index in [0.29, 0.717) is 19.3 Å². The van der Waals surface area contributed by atoms with Crippen molar-refractivity contribution in [2.75, 3.05) is 13.2 Å². The van der Waals surface area contributed by atoms with Crippen LogP contribution in [0.1, 0.15) is 303 Å². The lowest BCUT2D eigenvalue weighted by Crippen LogP contribution is -2.30. The molecule has 0 saturated heterocycles. The van der Waals surface area contributed by atoms with Crippen molar-refractivity contribution in [1.29, 1.82) is 0 Å². The number of unbranched alkanes of at least 4 members (excludes halogenated alkanes) is 35. The predicted molar refractivity (Wildman–Crippen MR) is 289 cm³/mol. The van der Waals surface area contributed by atoms with Crippen LogP contribution in [0.5, 0.6) is 0 Å². The number of ether oxygens (including phenoxy) is 3. The Hall–Kier alpha value is -2.63. The van der Waals surface area contributed by atoms with Gasteiger partial charge in [0, 0.05) is 19.3 Å². The van der Waals surface area contributed by atoms with Gasteiger partial charge in [-0.05, 0) is 89.9 Å². The Morgan fingerprint density at radius 1 is 0.299 bits per heavy atom. The van der Waals surface area contributed by atoms with Gasteiger partial charge in [-0.3, -0.25) is 14.4 Å². The second kappa shape index (κ2) is 56.0. The first-order chi connectivity index (χ1) is 33.0. The molecule has 0 rings (SSSR count). The van der Waals surface area contributed by atoms with Gasteiger partial charge in [0.1, 0.15) is 13.2 Å². The summed E-state index contributed by atoms with van der Waals surface area (Å²) >= 11 is 0. The molecule has 0 fully saturated rings. The summed E-state index contributed by atoms with van der Waals surface area (Å²) in [5, 5.41) is 0. The number of rotatable bonds is 53. The lowest BCUT2D eigenvalue weighted by Gasteiger charge is -2.18. The first kappa shape index (κ1) is 64.4. The highest BCUT2D eigenvalue weighted by Gasteiger charge is 2.19. The highest BCUT2D eigenvalue weighted by atomic mass is 16.6. The maximum atomic E-state index is 12.9. The summed E-state index contributed by atoms with van der Waals surface area (Å²) < 4.78 is 16.9. The fourth-order valence-electron chi connectivity index (χ4n) is 8.35. The summed E-state index contributed by atoms with van der Waals surface area (Å²) in [5.74, 6) is -0.883. The Morgan fingerprint density at radius 2 is 0.552 bits per heavy atom. The van der Waals surface area contributed by atoms with Crippen LogP contribution in [-0.2, 0) is 28.6 Å². The zero-order valence-corrected chi connectivity index (χ0v) is 44.7. The molecule has 6 heteroatoms. The minimum atomic E-state index is -0.779. The van der Waals surface area contributed by atoms with Crippen LogP contribution in [0.2, 0.25) is 0 Å². The SMILES string of the molecule is CCCC/C=C\CCCCCCCC(=O)OCC(COC(=O)CCCCCCCCCCCC/C=C\C=C/CCCCC)OC(=O)CCCCCCCCC/C=C\CCCCCCCCCC. The third-order valence-electron chi connectivity index (χ3n) is 12.8. The molecule has 67 heavy (non-hydrogen) atoms. The lowest BCUT2D eigenvalue weighted by atomic mass is 10.1. The molecule has 0 N–H and O–H groups in total. The van der Waals surface area contributed by atoms with Crippen molar-refractivity contribution in [3.63, 3.8) is 0 Å². The normalized spacial score (nSPS) is 12.3.